The molecule has 1 aromatic carbocycles. The molecule has 0 saturated carbocycles. The molecule has 0 aliphatic heterocycles. The Bertz CT molecular complexity index is 305. The van der Waals surface area contributed by atoms with E-state index in [0.717, 1.165) is 5.56 Å². The molecule has 1 atom stereocenters. The van der Waals surface area contributed by atoms with Gasteiger partial charge in [-0.25, -0.2) is 4.79 Å². The molecular formula is C9H11BrN2O2. The number of nitrogens with zero attached hydrogens (tertiary/aromatic N) is 1. The second-order valence-electron chi connectivity index (χ2n) is 2.65. The predicted molar refractivity (Wildman–Crippen MR) is 56.2 cm³/mol. The summed E-state index contributed by atoms with van der Waals surface area (Å²) in [5.41, 5.74) is 0.804. The van der Waals surface area contributed by atoms with E-state index in [0.29, 0.717) is 5.06 Å². The molecule has 4 nitrogen and oxygen atoms in total. The SMILES string of the molecule is CNC(=O)N(O)C(Br)c1ccccc1. The number of benzene rings is 1. The van der Waals surface area contributed by atoms with E-state index in [1.807, 2.05) is 30.3 Å². The lowest BCUT2D eigenvalue weighted by Gasteiger charge is -2.20. The number of hydrogen-bond acceptors (Lipinski definition) is 2. The number of carbonyl (C=O) groups excluding carboxylic acids is 1. The molecule has 1 aromatic rings. The van der Waals surface area contributed by atoms with Crippen LogP contribution in [0.3, 0.4) is 0 Å². The second kappa shape index (κ2) is 4.97. The molecule has 0 aliphatic rings. The molecule has 5 heteroatoms. The third-order valence-corrected chi connectivity index (χ3v) is 2.63. The minimum atomic E-state index is -0.560. The van der Waals surface area contributed by atoms with Crippen LogP contribution < -0.4 is 5.32 Å². The van der Waals surface area contributed by atoms with Crippen LogP contribution >= 0.6 is 15.9 Å². The molecular weight excluding hydrogens is 248 g/mol. The predicted octanol–water partition coefficient (Wildman–Crippen LogP) is 2.11. The first-order valence-electron chi connectivity index (χ1n) is 4.05. The Balaban J connectivity index is 2.75. The third-order valence-electron chi connectivity index (χ3n) is 1.71. The molecule has 0 saturated heterocycles. The standard InChI is InChI=1S/C9H11BrN2O2/c1-11-9(13)12(14)8(10)7-5-3-2-4-6-7/h2-6,8,14H,1H3,(H,11,13). The number of halogens is 1. The Kier molecular flexibility index (Phi) is 3.91. The van der Waals surface area contributed by atoms with Gasteiger partial charge < -0.3 is 5.32 Å². The van der Waals surface area contributed by atoms with Crippen LogP contribution in [-0.4, -0.2) is 23.3 Å². The van der Waals surface area contributed by atoms with Crippen molar-refractivity contribution in [3.05, 3.63) is 35.9 Å². The van der Waals surface area contributed by atoms with Gasteiger partial charge in [0.2, 0.25) is 0 Å². The average molecular weight is 259 g/mol. The van der Waals surface area contributed by atoms with Crippen LogP contribution in [0.25, 0.3) is 0 Å². The highest BCUT2D eigenvalue weighted by Gasteiger charge is 2.19. The molecule has 14 heavy (non-hydrogen) atoms. The molecule has 2 N–H and O–H groups in total. The zero-order valence-corrected chi connectivity index (χ0v) is 9.23. The van der Waals surface area contributed by atoms with Gasteiger partial charge in [0.1, 0.15) is 4.95 Å². The highest BCUT2D eigenvalue weighted by atomic mass is 79.9. The van der Waals surface area contributed by atoms with E-state index in [2.05, 4.69) is 21.2 Å². The first-order valence-corrected chi connectivity index (χ1v) is 4.97. The maximum Gasteiger partial charge on any atom is 0.342 e. The lowest BCUT2D eigenvalue weighted by molar-refractivity contribution is -0.0513. The summed E-state index contributed by atoms with van der Waals surface area (Å²) in [4.78, 5) is 10.5. The summed E-state index contributed by atoms with van der Waals surface area (Å²) in [5, 5.41) is 12.3. The highest BCUT2D eigenvalue weighted by molar-refractivity contribution is 9.09. The van der Waals surface area contributed by atoms with Gasteiger partial charge in [-0.2, -0.15) is 5.06 Å². The number of urea groups is 1. The molecule has 76 valence electrons. The normalized spacial score (nSPS) is 11.9. The Morgan fingerprint density at radius 1 is 1.50 bits per heavy atom. The van der Waals surface area contributed by atoms with Crippen LogP contribution in [0.5, 0.6) is 0 Å². The molecule has 0 aliphatic carbocycles. The van der Waals surface area contributed by atoms with Gasteiger partial charge in [0.25, 0.3) is 0 Å². The van der Waals surface area contributed by atoms with Gasteiger partial charge >= 0.3 is 6.03 Å². The van der Waals surface area contributed by atoms with Gasteiger partial charge in [-0.1, -0.05) is 46.3 Å². The number of hydroxylamine groups is 2. The highest BCUT2D eigenvalue weighted by Crippen LogP contribution is 2.24. The van der Waals surface area contributed by atoms with Crippen molar-refractivity contribution in [2.24, 2.45) is 0 Å². The molecule has 0 heterocycles. The summed E-state index contributed by atoms with van der Waals surface area (Å²) >= 11 is 3.21. The Hall–Kier alpha value is -1.07. The molecule has 0 aromatic heterocycles. The van der Waals surface area contributed by atoms with Gasteiger partial charge in [-0.15, -0.1) is 0 Å². The third kappa shape index (κ3) is 2.46. The maximum absolute atomic E-state index is 11.1. The Morgan fingerprint density at radius 2 is 2.07 bits per heavy atom. The van der Waals surface area contributed by atoms with E-state index in [-0.39, 0.29) is 0 Å². The number of hydrogen-bond donors (Lipinski definition) is 2. The van der Waals surface area contributed by atoms with Crippen molar-refractivity contribution < 1.29 is 10.0 Å². The zero-order chi connectivity index (χ0) is 10.6. The van der Waals surface area contributed by atoms with E-state index < -0.39 is 11.0 Å². The van der Waals surface area contributed by atoms with Gasteiger partial charge in [-0.3, -0.25) is 5.21 Å². The van der Waals surface area contributed by atoms with E-state index in [1.165, 1.54) is 7.05 Å². The molecule has 0 bridgehead atoms. The molecule has 0 radical (unpaired) electrons. The monoisotopic (exact) mass is 258 g/mol. The van der Waals surface area contributed by atoms with E-state index in [4.69, 9.17) is 0 Å². The van der Waals surface area contributed by atoms with Crippen LogP contribution in [0.1, 0.15) is 10.5 Å². The number of carbonyl (C=O) groups is 1. The van der Waals surface area contributed by atoms with Crippen LogP contribution in [0.15, 0.2) is 30.3 Å². The molecule has 1 rings (SSSR count). The van der Waals surface area contributed by atoms with E-state index in [1.54, 1.807) is 0 Å². The van der Waals surface area contributed by atoms with E-state index >= 15 is 0 Å². The fraction of sp³-hybridized carbons (Fsp3) is 0.222. The lowest BCUT2D eigenvalue weighted by atomic mass is 10.2. The molecule has 1 unspecified atom stereocenters. The second-order valence-corrected chi connectivity index (χ2v) is 3.51. The quantitative estimate of drug-likeness (QED) is 0.370. The fourth-order valence-electron chi connectivity index (χ4n) is 0.971. The zero-order valence-electron chi connectivity index (χ0n) is 7.64. The maximum atomic E-state index is 11.1. The number of alkyl halides is 1. The summed E-state index contributed by atoms with van der Waals surface area (Å²) in [6.07, 6.45) is 0. The van der Waals surface area contributed by atoms with Crippen molar-refractivity contribution in [1.82, 2.24) is 10.4 Å². The van der Waals surface area contributed by atoms with Crippen molar-refractivity contribution in [2.75, 3.05) is 7.05 Å². The van der Waals surface area contributed by atoms with Crippen molar-refractivity contribution in [3.8, 4) is 0 Å². The van der Waals surface area contributed by atoms with Crippen molar-refractivity contribution in [1.29, 1.82) is 0 Å². The van der Waals surface area contributed by atoms with Crippen molar-refractivity contribution in [2.45, 2.75) is 4.95 Å². The summed E-state index contributed by atoms with van der Waals surface area (Å²) in [6.45, 7) is 0. The average Bonchev–Trinajstić information content (AvgIpc) is 2.27. The van der Waals surface area contributed by atoms with Crippen LogP contribution in [0.2, 0.25) is 0 Å². The molecule has 0 fully saturated rings. The van der Waals surface area contributed by atoms with Gasteiger partial charge in [0.05, 0.1) is 0 Å². The van der Waals surface area contributed by atoms with E-state index in [9.17, 15) is 10.0 Å². The summed E-state index contributed by atoms with van der Waals surface area (Å²) in [7, 11) is 1.45. The van der Waals surface area contributed by atoms with Crippen LogP contribution in [-0.2, 0) is 0 Å². The van der Waals surface area contributed by atoms with Gasteiger partial charge in [-0.05, 0) is 5.56 Å². The fourth-order valence-corrected chi connectivity index (χ4v) is 1.46. The topological polar surface area (TPSA) is 52.6 Å². The minimum Gasteiger partial charge on any atom is -0.339 e. The van der Waals surface area contributed by atoms with Crippen LogP contribution in [0, 0.1) is 0 Å². The van der Waals surface area contributed by atoms with Crippen molar-refractivity contribution in [3.63, 3.8) is 0 Å². The first-order chi connectivity index (χ1) is 6.66. The lowest BCUT2D eigenvalue weighted by Crippen LogP contribution is -2.36. The first kappa shape index (κ1) is 11.0. The molecule has 2 amide bonds. The Morgan fingerprint density at radius 3 is 2.57 bits per heavy atom. The summed E-state index contributed by atoms with van der Waals surface area (Å²) in [5.74, 6) is 0. The molecule has 0 spiro atoms. The van der Waals surface area contributed by atoms with Gasteiger partial charge in [0, 0.05) is 7.05 Å². The Labute approximate surface area is 90.6 Å². The summed E-state index contributed by atoms with van der Waals surface area (Å²) in [6, 6.07) is 8.60. The minimum absolute atomic E-state index is 0.538. The van der Waals surface area contributed by atoms with Crippen LogP contribution in [0.4, 0.5) is 4.79 Å². The smallest absolute Gasteiger partial charge is 0.339 e. The summed E-state index contributed by atoms with van der Waals surface area (Å²) < 4.78 is 0. The van der Waals surface area contributed by atoms with Crippen molar-refractivity contribution >= 4 is 22.0 Å². The number of rotatable bonds is 2. The number of amides is 2. The largest absolute Gasteiger partial charge is 0.342 e. The van der Waals surface area contributed by atoms with Gasteiger partial charge in [0.15, 0.2) is 0 Å². The number of nitrogens with one attached hydrogen (secondary N) is 1.